The first-order valence-electron chi connectivity index (χ1n) is 10.7. The van der Waals surface area contributed by atoms with E-state index in [1.807, 2.05) is 41.3 Å². The summed E-state index contributed by atoms with van der Waals surface area (Å²) in [4.78, 5) is 34.9. The van der Waals surface area contributed by atoms with Crippen molar-refractivity contribution in [1.82, 2.24) is 4.90 Å². The van der Waals surface area contributed by atoms with Crippen LogP contribution in [0.3, 0.4) is 0 Å². The Labute approximate surface area is 187 Å². The van der Waals surface area contributed by atoms with Crippen molar-refractivity contribution in [2.24, 2.45) is 0 Å². The largest absolute Gasteiger partial charge is 0.488 e. The molecule has 0 radical (unpaired) electrons. The van der Waals surface area contributed by atoms with Crippen molar-refractivity contribution in [3.05, 3.63) is 60.2 Å². The maximum atomic E-state index is 12.3. The first-order chi connectivity index (χ1) is 15.4. The molecule has 8 heteroatoms. The molecule has 2 fully saturated rings. The number of hydrogen-bond donors (Lipinski definition) is 2. The fourth-order valence-corrected chi connectivity index (χ4v) is 3.80. The number of nitrogens with zero attached hydrogens (tertiary/aromatic N) is 2. The zero-order valence-electron chi connectivity index (χ0n) is 17.9. The number of carbonyl (C=O) groups excluding carboxylic acids is 1. The van der Waals surface area contributed by atoms with Crippen LogP contribution in [-0.2, 0) is 20.8 Å². The molecular formula is C24H28N2O6. The minimum Gasteiger partial charge on any atom is -0.488 e. The van der Waals surface area contributed by atoms with Gasteiger partial charge in [0.05, 0.1) is 0 Å². The highest BCUT2D eigenvalue weighted by Gasteiger charge is 2.28. The van der Waals surface area contributed by atoms with Gasteiger partial charge < -0.3 is 19.8 Å². The molecule has 0 bridgehead atoms. The van der Waals surface area contributed by atoms with Crippen LogP contribution in [0.15, 0.2) is 54.6 Å². The maximum Gasteiger partial charge on any atom is 0.414 e. The van der Waals surface area contributed by atoms with Gasteiger partial charge in [0.25, 0.3) is 0 Å². The molecule has 2 saturated heterocycles. The molecular weight excluding hydrogens is 412 g/mol. The summed E-state index contributed by atoms with van der Waals surface area (Å²) in [5.74, 6) is -2.43. The molecule has 2 aromatic rings. The van der Waals surface area contributed by atoms with Crippen molar-refractivity contribution in [1.29, 1.82) is 0 Å². The van der Waals surface area contributed by atoms with Crippen LogP contribution < -0.4 is 9.64 Å². The Bertz CT molecular complexity index is 915. The molecule has 2 N–H and O–H groups in total. The van der Waals surface area contributed by atoms with E-state index in [9.17, 15) is 4.79 Å². The summed E-state index contributed by atoms with van der Waals surface area (Å²) in [5, 5.41) is 14.8. The SMILES string of the molecule is O=C(O)C(=O)O.O=C1CCCCN1c1ccccc1CCN1CC(Oc2ccccc2)C1. The summed E-state index contributed by atoms with van der Waals surface area (Å²) < 4.78 is 5.97. The zero-order chi connectivity index (χ0) is 22.9. The Morgan fingerprint density at radius 2 is 1.59 bits per heavy atom. The number of anilines is 1. The first kappa shape index (κ1) is 23.3. The van der Waals surface area contributed by atoms with Crippen LogP contribution in [0.4, 0.5) is 5.69 Å². The van der Waals surface area contributed by atoms with Gasteiger partial charge in [0, 0.05) is 38.3 Å². The number of piperidine rings is 1. The van der Waals surface area contributed by atoms with Gasteiger partial charge in [-0.15, -0.1) is 0 Å². The summed E-state index contributed by atoms with van der Waals surface area (Å²) >= 11 is 0. The molecule has 0 spiro atoms. The molecule has 170 valence electrons. The van der Waals surface area contributed by atoms with Crippen LogP contribution in [0.2, 0.25) is 0 Å². The standard InChI is InChI=1S/C22H26N2O2.C2H2O4/c25-22-12-6-7-14-24(22)21-11-5-4-8-18(21)13-15-23-16-20(17-23)26-19-9-2-1-3-10-19;3-1(4)2(5)6/h1-5,8-11,20H,6-7,12-17H2;(H,3,4)(H,5,6). The number of aliphatic carboxylic acids is 2. The number of rotatable bonds is 6. The van der Waals surface area contributed by atoms with E-state index in [2.05, 4.69) is 23.1 Å². The number of carboxylic acid groups (broad SMARTS) is 2. The number of carbonyl (C=O) groups is 3. The van der Waals surface area contributed by atoms with Crippen LogP contribution in [0.5, 0.6) is 5.75 Å². The predicted molar refractivity (Wildman–Crippen MR) is 119 cm³/mol. The van der Waals surface area contributed by atoms with Crippen molar-refractivity contribution < 1.29 is 29.3 Å². The summed E-state index contributed by atoms with van der Waals surface area (Å²) in [5.41, 5.74) is 2.38. The minimum absolute atomic E-state index is 0.268. The molecule has 2 aliphatic rings. The molecule has 2 aliphatic heterocycles. The number of ether oxygens (including phenoxy) is 1. The zero-order valence-corrected chi connectivity index (χ0v) is 17.9. The van der Waals surface area contributed by atoms with Crippen molar-refractivity contribution >= 4 is 23.5 Å². The van der Waals surface area contributed by atoms with Gasteiger partial charge in [0.1, 0.15) is 11.9 Å². The minimum atomic E-state index is -1.82. The van der Waals surface area contributed by atoms with Crippen LogP contribution in [0, 0.1) is 0 Å². The second-order valence-electron chi connectivity index (χ2n) is 7.80. The molecule has 0 atom stereocenters. The Morgan fingerprint density at radius 1 is 0.938 bits per heavy atom. The molecule has 0 aromatic heterocycles. The van der Waals surface area contributed by atoms with E-state index >= 15 is 0 Å². The number of hydrogen-bond acceptors (Lipinski definition) is 5. The average molecular weight is 440 g/mol. The maximum absolute atomic E-state index is 12.3. The highest BCUT2D eigenvalue weighted by Crippen LogP contribution is 2.26. The summed E-state index contributed by atoms with van der Waals surface area (Å²) in [6.07, 6.45) is 4.06. The monoisotopic (exact) mass is 440 g/mol. The Morgan fingerprint density at radius 3 is 2.25 bits per heavy atom. The number of benzene rings is 2. The third-order valence-corrected chi connectivity index (χ3v) is 5.46. The number of carboxylic acids is 2. The Kier molecular flexibility index (Phi) is 8.21. The van der Waals surface area contributed by atoms with Crippen molar-refractivity contribution in [2.75, 3.05) is 31.1 Å². The average Bonchev–Trinajstić information content (AvgIpc) is 2.77. The van der Waals surface area contributed by atoms with Crippen molar-refractivity contribution in [2.45, 2.75) is 31.8 Å². The highest BCUT2D eigenvalue weighted by atomic mass is 16.5. The molecule has 2 heterocycles. The summed E-state index contributed by atoms with van der Waals surface area (Å²) in [7, 11) is 0. The summed E-state index contributed by atoms with van der Waals surface area (Å²) in [6, 6.07) is 18.4. The van der Waals surface area contributed by atoms with Crippen LogP contribution in [0.1, 0.15) is 24.8 Å². The van der Waals surface area contributed by atoms with E-state index in [0.29, 0.717) is 6.42 Å². The van der Waals surface area contributed by atoms with Gasteiger partial charge >= 0.3 is 11.9 Å². The first-order valence-corrected chi connectivity index (χ1v) is 10.7. The lowest BCUT2D eigenvalue weighted by Crippen LogP contribution is -2.54. The van der Waals surface area contributed by atoms with E-state index in [1.54, 1.807) is 0 Å². The molecule has 32 heavy (non-hydrogen) atoms. The number of amides is 1. The number of para-hydroxylation sites is 2. The van der Waals surface area contributed by atoms with Gasteiger partial charge in [0.15, 0.2) is 0 Å². The lowest BCUT2D eigenvalue weighted by molar-refractivity contribution is -0.159. The molecule has 0 unspecified atom stereocenters. The van der Waals surface area contributed by atoms with E-state index in [0.717, 1.165) is 56.9 Å². The molecule has 1 amide bonds. The third-order valence-electron chi connectivity index (χ3n) is 5.46. The van der Waals surface area contributed by atoms with Gasteiger partial charge in [0.2, 0.25) is 5.91 Å². The van der Waals surface area contributed by atoms with E-state index in [-0.39, 0.29) is 12.0 Å². The summed E-state index contributed by atoms with van der Waals surface area (Å²) in [6.45, 7) is 3.81. The van der Waals surface area contributed by atoms with E-state index < -0.39 is 11.9 Å². The lowest BCUT2D eigenvalue weighted by atomic mass is 10.0. The van der Waals surface area contributed by atoms with Crippen LogP contribution >= 0.6 is 0 Å². The van der Waals surface area contributed by atoms with Crippen molar-refractivity contribution in [3.8, 4) is 5.75 Å². The van der Waals surface area contributed by atoms with E-state index in [4.69, 9.17) is 24.5 Å². The van der Waals surface area contributed by atoms with Gasteiger partial charge in [-0.25, -0.2) is 9.59 Å². The second kappa shape index (κ2) is 11.3. The molecule has 8 nitrogen and oxygen atoms in total. The Balaban J connectivity index is 0.000000427. The Hall–Kier alpha value is -3.39. The predicted octanol–water partition coefficient (Wildman–Crippen LogP) is 2.66. The fourth-order valence-electron chi connectivity index (χ4n) is 3.80. The van der Waals surface area contributed by atoms with Gasteiger partial charge in [-0.1, -0.05) is 36.4 Å². The quantitative estimate of drug-likeness (QED) is 0.665. The normalized spacial score (nSPS) is 16.5. The smallest absolute Gasteiger partial charge is 0.414 e. The van der Waals surface area contributed by atoms with Crippen LogP contribution in [-0.4, -0.2) is 65.2 Å². The fraction of sp³-hybridized carbons (Fsp3) is 0.375. The topological polar surface area (TPSA) is 107 Å². The number of likely N-dealkylation sites (tertiary alicyclic amines) is 1. The van der Waals surface area contributed by atoms with Crippen LogP contribution in [0.25, 0.3) is 0 Å². The highest BCUT2D eigenvalue weighted by molar-refractivity contribution is 6.27. The molecule has 0 saturated carbocycles. The second-order valence-corrected chi connectivity index (χ2v) is 7.80. The van der Waals surface area contributed by atoms with Gasteiger partial charge in [-0.05, 0) is 43.0 Å². The van der Waals surface area contributed by atoms with E-state index in [1.165, 1.54) is 5.56 Å². The van der Waals surface area contributed by atoms with Crippen molar-refractivity contribution in [3.63, 3.8) is 0 Å². The molecule has 0 aliphatic carbocycles. The molecule has 2 aromatic carbocycles. The third kappa shape index (κ3) is 6.55. The lowest BCUT2D eigenvalue weighted by Gasteiger charge is -2.39. The molecule has 4 rings (SSSR count). The van der Waals surface area contributed by atoms with Gasteiger partial charge in [-0.3, -0.25) is 9.69 Å². The van der Waals surface area contributed by atoms with Gasteiger partial charge in [-0.2, -0.15) is 0 Å².